The van der Waals surface area contributed by atoms with Gasteiger partial charge in [-0.1, -0.05) is 0 Å². The number of nitrogens with one attached hydrogen (secondary N) is 1. The zero-order valence-corrected chi connectivity index (χ0v) is 11.9. The van der Waals surface area contributed by atoms with Gasteiger partial charge >= 0.3 is 0 Å². The van der Waals surface area contributed by atoms with Crippen molar-refractivity contribution >= 4 is 33.6 Å². The molecule has 0 aromatic carbocycles. The lowest BCUT2D eigenvalue weighted by atomic mass is 10.2. The van der Waals surface area contributed by atoms with Gasteiger partial charge in [0.2, 0.25) is 0 Å². The third-order valence-corrected chi connectivity index (χ3v) is 4.08. The molecule has 0 aliphatic carbocycles. The van der Waals surface area contributed by atoms with Gasteiger partial charge in [0.1, 0.15) is 18.0 Å². The largest absolute Gasteiger partial charge is 0.394 e. The van der Waals surface area contributed by atoms with Crippen molar-refractivity contribution in [1.82, 2.24) is 14.5 Å². The Kier molecular flexibility index (Phi) is 3.33. The molecule has 0 bridgehead atoms. The van der Waals surface area contributed by atoms with E-state index in [1.165, 1.54) is 6.33 Å². The molecule has 3 rings (SSSR count). The third-order valence-electron chi connectivity index (χ3n) is 3.26. The summed E-state index contributed by atoms with van der Waals surface area (Å²) < 4.78 is 8.08. The van der Waals surface area contributed by atoms with Gasteiger partial charge in [-0.25, -0.2) is 4.98 Å². The lowest BCUT2D eigenvalue weighted by Gasteiger charge is -2.14. The number of halogens is 1. The van der Waals surface area contributed by atoms with Crippen molar-refractivity contribution in [2.45, 2.75) is 24.9 Å². The number of aliphatic hydroxyl groups is 2. The van der Waals surface area contributed by atoms with Gasteiger partial charge in [0.05, 0.1) is 24.4 Å². The molecule has 1 aliphatic rings. The van der Waals surface area contributed by atoms with Gasteiger partial charge in [-0.3, -0.25) is 4.79 Å². The van der Waals surface area contributed by atoms with Crippen molar-refractivity contribution in [1.29, 1.82) is 0 Å². The lowest BCUT2D eigenvalue weighted by Crippen LogP contribution is -2.24. The van der Waals surface area contributed by atoms with E-state index in [2.05, 4.69) is 32.6 Å². The molecule has 0 saturated carbocycles. The van der Waals surface area contributed by atoms with Crippen LogP contribution in [0.25, 0.3) is 11.0 Å². The van der Waals surface area contributed by atoms with E-state index in [-0.39, 0.29) is 12.2 Å². The molecule has 2 unspecified atom stereocenters. The molecule has 0 spiro atoms. The molecular formula is C11H12IN3O4. The number of nitrogens with zero attached hydrogens (tertiary/aromatic N) is 2. The smallest absolute Gasteiger partial charge is 0.261 e. The van der Waals surface area contributed by atoms with E-state index in [1.54, 1.807) is 10.8 Å². The standard InChI is InChI=1S/C11H12IN3O4/c12-5-2-15(8-1-6(17)7(3-16)19-8)10-9(5)11(18)14-4-13-10/h2,4,6-8,16-17H,1,3H2,(H,13,14,18)/t6?,7-,8?/m1/s1. The molecule has 1 saturated heterocycles. The molecule has 0 amide bonds. The molecule has 0 radical (unpaired) electrons. The Balaban J connectivity index is 2.08. The van der Waals surface area contributed by atoms with Crippen LogP contribution in [0.5, 0.6) is 0 Å². The zero-order chi connectivity index (χ0) is 13.6. The van der Waals surface area contributed by atoms with Gasteiger partial charge in [0.15, 0.2) is 0 Å². The molecule has 8 heteroatoms. The van der Waals surface area contributed by atoms with E-state index in [9.17, 15) is 9.90 Å². The third kappa shape index (κ3) is 2.08. The highest BCUT2D eigenvalue weighted by molar-refractivity contribution is 14.1. The quantitative estimate of drug-likeness (QED) is 0.639. The Morgan fingerprint density at radius 1 is 1.63 bits per heavy atom. The van der Waals surface area contributed by atoms with Crippen LogP contribution in [-0.4, -0.2) is 43.6 Å². The number of rotatable bonds is 2. The lowest BCUT2D eigenvalue weighted by molar-refractivity contribution is -0.0430. The molecule has 1 fully saturated rings. The van der Waals surface area contributed by atoms with Crippen LogP contribution in [0.3, 0.4) is 0 Å². The molecule has 3 heterocycles. The fourth-order valence-corrected chi connectivity index (χ4v) is 3.11. The van der Waals surface area contributed by atoms with Gasteiger partial charge in [-0.05, 0) is 22.6 Å². The van der Waals surface area contributed by atoms with Crippen molar-refractivity contribution in [3.63, 3.8) is 0 Å². The van der Waals surface area contributed by atoms with E-state index in [4.69, 9.17) is 9.84 Å². The average Bonchev–Trinajstić information content (AvgIpc) is 2.91. The minimum absolute atomic E-state index is 0.203. The minimum Gasteiger partial charge on any atom is -0.394 e. The maximum Gasteiger partial charge on any atom is 0.261 e. The monoisotopic (exact) mass is 377 g/mol. The molecule has 7 nitrogen and oxygen atoms in total. The van der Waals surface area contributed by atoms with Crippen molar-refractivity contribution < 1.29 is 14.9 Å². The number of aliphatic hydroxyl groups excluding tert-OH is 2. The first kappa shape index (κ1) is 13.0. The highest BCUT2D eigenvalue weighted by Crippen LogP contribution is 2.32. The van der Waals surface area contributed by atoms with Gasteiger partial charge in [0, 0.05) is 16.2 Å². The molecule has 2 aromatic heterocycles. The van der Waals surface area contributed by atoms with Crippen molar-refractivity contribution in [3.05, 3.63) is 26.4 Å². The highest BCUT2D eigenvalue weighted by atomic mass is 127. The van der Waals surface area contributed by atoms with Crippen LogP contribution < -0.4 is 5.56 Å². The van der Waals surface area contributed by atoms with Gasteiger partial charge < -0.3 is 24.5 Å². The molecule has 2 aromatic rings. The number of aromatic amines is 1. The number of hydrogen-bond donors (Lipinski definition) is 3. The predicted molar refractivity (Wildman–Crippen MR) is 74.7 cm³/mol. The Bertz CT molecular complexity index is 667. The first-order valence-corrected chi connectivity index (χ1v) is 6.87. The van der Waals surface area contributed by atoms with E-state index in [0.717, 1.165) is 3.57 Å². The maximum absolute atomic E-state index is 11.8. The number of aromatic nitrogens is 3. The second-order valence-electron chi connectivity index (χ2n) is 4.43. The van der Waals surface area contributed by atoms with Crippen LogP contribution in [0.2, 0.25) is 0 Å². The molecule has 3 N–H and O–H groups in total. The van der Waals surface area contributed by atoms with Gasteiger partial charge in [-0.15, -0.1) is 0 Å². The van der Waals surface area contributed by atoms with Crippen LogP contribution in [0.15, 0.2) is 17.3 Å². The Morgan fingerprint density at radius 3 is 3.11 bits per heavy atom. The fraction of sp³-hybridized carbons (Fsp3) is 0.455. The van der Waals surface area contributed by atoms with Crippen molar-refractivity contribution in [2.75, 3.05) is 6.61 Å². The molecule has 102 valence electrons. The molecular weight excluding hydrogens is 365 g/mol. The second-order valence-corrected chi connectivity index (χ2v) is 5.59. The number of hydrogen-bond acceptors (Lipinski definition) is 5. The SMILES string of the molecule is O=c1[nH]cnc2c1c(I)cn2C1CC(O)[C@@H](CO)O1. The van der Waals surface area contributed by atoms with Crippen LogP contribution in [0.4, 0.5) is 0 Å². The van der Waals surface area contributed by atoms with Gasteiger partial charge in [0.25, 0.3) is 5.56 Å². The number of ether oxygens (including phenoxy) is 1. The summed E-state index contributed by atoms with van der Waals surface area (Å²) in [6.45, 7) is -0.234. The molecule has 19 heavy (non-hydrogen) atoms. The summed E-state index contributed by atoms with van der Waals surface area (Å²) in [7, 11) is 0. The van der Waals surface area contributed by atoms with Crippen molar-refractivity contribution in [2.24, 2.45) is 0 Å². The Labute approximate surface area is 121 Å². The van der Waals surface area contributed by atoms with Gasteiger partial charge in [-0.2, -0.15) is 0 Å². The van der Waals surface area contributed by atoms with Crippen LogP contribution in [-0.2, 0) is 4.74 Å². The summed E-state index contributed by atoms with van der Waals surface area (Å²) >= 11 is 2.06. The molecule has 3 atom stereocenters. The van der Waals surface area contributed by atoms with Crippen molar-refractivity contribution in [3.8, 4) is 0 Å². The Morgan fingerprint density at radius 2 is 2.42 bits per heavy atom. The predicted octanol–water partition coefficient (Wildman–Crippen LogP) is -0.0301. The number of fused-ring (bicyclic) bond motifs is 1. The summed E-state index contributed by atoms with van der Waals surface area (Å²) in [6.07, 6.45) is 1.73. The highest BCUT2D eigenvalue weighted by Gasteiger charge is 2.35. The molecule has 1 aliphatic heterocycles. The summed E-state index contributed by atoms with van der Waals surface area (Å²) in [5.41, 5.74) is 0.314. The van der Waals surface area contributed by atoms with Crippen LogP contribution >= 0.6 is 22.6 Å². The van der Waals surface area contributed by atoms with Crippen LogP contribution in [0, 0.1) is 3.57 Å². The fourth-order valence-electron chi connectivity index (χ4n) is 2.32. The normalized spacial score (nSPS) is 27.2. The van der Waals surface area contributed by atoms with Crippen LogP contribution in [0.1, 0.15) is 12.6 Å². The van der Waals surface area contributed by atoms with E-state index >= 15 is 0 Å². The maximum atomic E-state index is 11.8. The summed E-state index contributed by atoms with van der Waals surface area (Å²) in [4.78, 5) is 18.5. The second kappa shape index (κ2) is 4.85. The minimum atomic E-state index is -0.716. The zero-order valence-electron chi connectivity index (χ0n) is 9.78. The number of H-pyrrole nitrogens is 1. The first-order chi connectivity index (χ1) is 9.11. The summed E-state index contributed by atoms with van der Waals surface area (Å²) in [5.74, 6) is 0. The first-order valence-electron chi connectivity index (χ1n) is 5.80. The Hall–Kier alpha value is -0.970. The summed E-state index contributed by atoms with van der Waals surface area (Å²) in [6, 6.07) is 0. The summed E-state index contributed by atoms with van der Waals surface area (Å²) in [5, 5.41) is 19.4. The van der Waals surface area contributed by atoms with E-state index < -0.39 is 18.4 Å². The van der Waals surface area contributed by atoms with E-state index in [1.807, 2.05) is 0 Å². The average molecular weight is 377 g/mol. The topological polar surface area (TPSA) is 100 Å². The van der Waals surface area contributed by atoms with E-state index in [0.29, 0.717) is 17.5 Å².